The minimum atomic E-state index is -1.41. The summed E-state index contributed by atoms with van der Waals surface area (Å²) in [4.78, 5) is 28.5. The lowest BCUT2D eigenvalue weighted by molar-refractivity contribution is -0.151. The number of esters is 1. The van der Waals surface area contributed by atoms with Crippen LogP contribution < -0.4 is 0 Å². The summed E-state index contributed by atoms with van der Waals surface area (Å²) in [5, 5.41) is 21.4. The summed E-state index contributed by atoms with van der Waals surface area (Å²) in [6.45, 7) is 8.59. The molecule has 2 N–H and O–H groups in total. The van der Waals surface area contributed by atoms with Crippen molar-refractivity contribution in [2.75, 3.05) is 34.2 Å². The van der Waals surface area contributed by atoms with E-state index in [0.29, 0.717) is 6.54 Å². The molecule has 1 heterocycles. The predicted octanol–water partition coefficient (Wildman–Crippen LogP) is 2.74. The van der Waals surface area contributed by atoms with Crippen molar-refractivity contribution < 1.29 is 29.3 Å². The van der Waals surface area contributed by atoms with E-state index in [4.69, 9.17) is 9.47 Å². The molecule has 0 saturated heterocycles. The number of aliphatic hydroxyl groups excluding tert-OH is 1. The molecule has 0 aromatic carbocycles. The third kappa shape index (κ3) is 9.30. The minimum absolute atomic E-state index is 0.153. The third-order valence-corrected chi connectivity index (χ3v) is 5.87. The topological polar surface area (TPSA) is 99.5 Å². The molecule has 0 radical (unpaired) electrons. The number of rotatable bonds is 6. The maximum absolute atomic E-state index is 12.7. The number of carbonyl (C=O) groups excluding carboxylic acids is 2. The van der Waals surface area contributed by atoms with E-state index >= 15 is 0 Å². The van der Waals surface area contributed by atoms with Gasteiger partial charge in [-0.1, -0.05) is 19.1 Å². The molecule has 1 aliphatic rings. The highest BCUT2D eigenvalue weighted by atomic mass is 16.6. The largest absolute Gasteiger partial charge is 0.457 e. The molecule has 0 spiro atoms. The molecule has 0 aliphatic carbocycles. The quantitative estimate of drug-likeness (QED) is 0.470. The maximum atomic E-state index is 12.7. The number of carbonyl (C=O) groups is 2. The second-order valence-corrected chi connectivity index (χ2v) is 9.32. The zero-order valence-corrected chi connectivity index (χ0v) is 20.7. The highest BCUT2D eigenvalue weighted by molar-refractivity contribution is 5.70. The van der Waals surface area contributed by atoms with Crippen molar-refractivity contribution in [3.8, 4) is 0 Å². The van der Waals surface area contributed by atoms with Crippen molar-refractivity contribution in [3.05, 3.63) is 23.8 Å². The second-order valence-electron chi connectivity index (χ2n) is 9.32. The van der Waals surface area contributed by atoms with Crippen molar-refractivity contribution in [2.24, 2.45) is 5.92 Å². The van der Waals surface area contributed by atoms with E-state index in [9.17, 15) is 19.8 Å². The molecule has 184 valence electrons. The van der Waals surface area contributed by atoms with Crippen LogP contribution in [0.1, 0.15) is 53.4 Å². The van der Waals surface area contributed by atoms with Gasteiger partial charge in [0.05, 0.1) is 12.5 Å². The van der Waals surface area contributed by atoms with E-state index in [1.54, 1.807) is 26.1 Å². The molecule has 8 nitrogen and oxygen atoms in total. The van der Waals surface area contributed by atoms with Crippen LogP contribution in [-0.4, -0.2) is 90.2 Å². The average Bonchev–Trinajstić information content (AvgIpc) is 2.71. The third-order valence-electron chi connectivity index (χ3n) is 5.87. The van der Waals surface area contributed by atoms with E-state index in [2.05, 4.69) is 0 Å². The number of ether oxygens (including phenoxy) is 2. The average molecular weight is 455 g/mol. The molecule has 0 saturated carbocycles. The van der Waals surface area contributed by atoms with Gasteiger partial charge in [0.2, 0.25) is 0 Å². The molecule has 1 aliphatic heterocycles. The Morgan fingerprint density at radius 3 is 2.56 bits per heavy atom. The first-order valence-corrected chi connectivity index (χ1v) is 11.3. The van der Waals surface area contributed by atoms with Gasteiger partial charge in [0.25, 0.3) is 0 Å². The van der Waals surface area contributed by atoms with Gasteiger partial charge in [-0.2, -0.15) is 0 Å². The van der Waals surface area contributed by atoms with E-state index in [0.717, 1.165) is 18.5 Å². The van der Waals surface area contributed by atoms with E-state index in [-0.39, 0.29) is 25.2 Å². The minimum Gasteiger partial charge on any atom is -0.457 e. The normalized spacial score (nSPS) is 31.3. The highest BCUT2D eigenvalue weighted by Gasteiger charge is 2.36. The first-order valence-electron chi connectivity index (χ1n) is 11.3. The van der Waals surface area contributed by atoms with Gasteiger partial charge in [0.1, 0.15) is 11.7 Å². The van der Waals surface area contributed by atoms with Gasteiger partial charge in [-0.3, -0.25) is 4.79 Å². The van der Waals surface area contributed by atoms with Crippen LogP contribution in [0.2, 0.25) is 0 Å². The highest BCUT2D eigenvalue weighted by Crippen LogP contribution is 2.27. The van der Waals surface area contributed by atoms with Gasteiger partial charge >= 0.3 is 12.1 Å². The lowest BCUT2D eigenvalue weighted by Gasteiger charge is -2.33. The molecule has 5 atom stereocenters. The monoisotopic (exact) mass is 454 g/mol. The van der Waals surface area contributed by atoms with Gasteiger partial charge < -0.3 is 29.5 Å². The summed E-state index contributed by atoms with van der Waals surface area (Å²) in [6.07, 6.45) is 3.42. The molecule has 0 fully saturated rings. The molecule has 1 rings (SSSR count). The first-order chi connectivity index (χ1) is 14.9. The Hall–Kier alpha value is -1.90. The van der Waals surface area contributed by atoms with Gasteiger partial charge in [0.15, 0.2) is 6.10 Å². The Labute approximate surface area is 192 Å². The summed E-state index contributed by atoms with van der Waals surface area (Å²) >= 11 is 0. The maximum Gasteiger partial charge on any atom is 0.410 e. The SMILES string of the molecule is C/C=C(\C)C1OC(=O)CC(O)CCC(C)(O)C(OC(=O)N(C)CCCN(C)C)/C=C/C1C. The van der Waals surface area contributed by atoms with E-state index in [1.807, 2.05) is 45.8 Å². The van der Waals surface area contributed by atoms with Crippen molar-refractivity contribution in [1.29, 1.82) is 0 Å². The lowest BCUT2D eigenvalue weighted by Crippen LogP contribution is -2.44. The Bertz CT molecular complexity index is 673. The van der Waals surface area contributed by atoms with Crippen LogP contribution in [0.5, 0.6) is 0 Å². The number of amides is 1. The Morgan fingerprint density at radius 2 is 1.97 bits per heavy atom. The smallest absolute Gasteiger partial charge is 0.410 e. The zero-order chi connectivity index (χ0) is 24.5. The van der Waals surface area contributed by atoms with E-state index < -0.39 is 36.0 Å². The standard InChI is InChI=1S/C24H42N2O6/c1-8-17(2)22-18(3)10-11-20(31-23(29)26(7)15-9-14-25(5)6)24(4,30)13-12-19(27)16-21(28)32-22/h8,10-11,18-20,22,27,30H,9,12-16H2,1-7H3/b11-10+,17-8+. The van der Waals surface area contributed by atoms with Crippen LogP contribution in [-0.2, 0) is 14.3 Å². The number of aliphatic hydroxyl groups is 2. The predicted molar refractivity (Wildman–Crippen MR) is 124 cm³/mol. The fourth-order valence-corrected chi connectivity index (χ4v) is 3.53. The van der Waals surface area contributed by atoms with Crippen molar-refractivity contribution in [3.63, 3.8) is 0 Å². The number of cyclic esters (lactones) is 1. The molecule has 32 heavy (non-hydrogen) atoms. The van der Waals surface area contributed by atoms with Crippen molar-refractivity contribution >= 4 is 12.1 Å². The van der Waals surface area contributed by atoms with Crippen LogP contribution in [0.3, 0.4) is 0 Å². The van der Waals surface area contributed by atoms with Crippen molar-refractivity contribution in [1.82, 2.24) is 9.80 Å². The zero-order valence-electron chi connectivity index (χ0n) is 20.7. The number of hydrogen-bond donors (Lipinski definition) is 2. The molecule has 5 unspecified atom stereocenters. The number of nitrogens with zero attached hydrogens (tertiary/aromatic N) is 2. The van der Waals surface area contributed by atoms with Crippen molar-refractivity contribution in [2.45, 2.75) is 77.3 Å². The van der Waals surface area contributed by atoms with Gasteiger partial charge in [0, 0.05) is 19.5 Å². The van der Waals surface area contributed by atoms with Crippen LogP contribution in [0.25, 0.3) is 0 Å². The van der Waals surface area contributed by atoms with Gasteiger partial charge in [-0.05, 0) is 72.3 Å². The van der Waals surface area contributed by atoms with Crippen LogP contribution >= 0.6 is 0 Å². The fraction of sp³-hybridized carbons (Fsp3) is 0.750. The fourth-order valence-electron chi connectivity index (χ4n) is 3.53. The summed E-state index contributed by atoms with van der Waals surface area (Å²) < 4.78 is 11.3. The molecule has 0 aromatic heterocycles. The summed E-state index contributed by atoms with van der Waals surface area (Å²) in [7, 11) is 5.62. The van der Waals surface area contributed by atoms with Crippen LogP contribution in [0.15, 0.2) is 23.8 Å². The Kier molecular flexibility index (Phi) is 11.4. The molecule has 8 heteroatoms. The summed E-state index contributed by atoms with van der Waals surface area (Å²) in [5.41, 5.74) is -0.533. The van der Waals surface area contributed by atoms with Gasteiger partial charge in [-0.15, -0.1) is 0 Å². The molecule has 0 aromatic rings. The first kappa shape index (κ1) is 28.1. The molecule has 0 bridgehead atoms. The van der Waals surface area contributed by atoms with Crippen LogP contribution in [0, 0.1) is 5.92 Å². The Morgan fingerprint density at radius 1 is 1.31 bits per heavy atom. The van der Waals surface area contributed by atoms with E-state index in [1.165, 1.54) is 4.90 Å². The molecular formula is C24H42N2O6. The molecular weight excluding hydrogens is 412 g/mol. The molecule has 1 amide bonds. The van der Waals surface area contributed by atoms with Crippen LogP contribution in [0.4, 0.5) is 4.79 Å². The lowest BCUT2D eigenvalue weighted by atomic mass is 9.89. The Balaban J connectivity index is 3.09. The van der Waals surface area contributed by atoms with Gasteiger partial charge in [-0.25, -0.2) is 4.79 Å². The number of hydrogen-bond acceptors (Lipinski definition) is 7. The second kappa shape index (κ2) is 13.0. The summed E-state index contributed by atoms with van der Waals surface area (Å²) in [5.74, 6) is -0.701. The summed E-state index contributed by atoms with van der Waals surface area (Å²) in [6, 6.07) is 0. The number of allylic oxidation sites excluding steroid dienone is 1.